The molecule has 0 radical (unpaired) electrons. The third kappa shape index (κ3) is 6.34. The van der Waals surface area contributed by atoms with Gasteiger partial charge in [0.15, 0.2) is 6.10 Å². The lowest BCUT2D eigenvalue weighted by molar-refractivity contribution is -0.148. The summed E-state index contributed by atoms with van der Waals surface area (Å²) in [5.74, 6) is -0.996. The summed E-state index contributed by atoms with van der Waals surface area (Å²) in [5.41, 5.74) is 2.49. The number of hydrogen-bond donors (Lipinski definition) is 1. The van der Waals surface area contributed by atoms with Crippen LogP contribution in [0.4, 0.5) is 11.4 Å². The van der Waals surface area contributed by atoms with Gasteiger partial charge >= 0.3 is 5.97 Å². The fourth-order valence-corrected chi connectivity index (χ4v) is 3.06. The normalized spacial score (nSPS) is 15.2. The molecule has 1 fully saturated rings. The van der Waals surface area contributed by atoms with Crippen LogP contribution >= 0.6 is 11.6 Å². The number of nitrogens with zero attached hydrogens (tertiary/aromatic N) is 1. The van der Waals surface area contributed by atoms with Gasteiger partial charge in [0, 0.05) is 35.6 Å². The Morgan fingerprint density at radius 2 is 1.90 bits per heavy atom. The van der Waals surface area contributed by atoms with Gasteiger partial charge in [-0.3, -0.25) is 4.79 Å². The van der Waals surface area contributed by atoms with Crippen LogP contribution in [0.1, 0.15) is 12.5 Å². The van der Waals surface area contributed by atoms with Crippen LogP contribution in [0.25, 0.3) is 6.08 Å². The van der Waals surface area contributed by atoms with Crippen LogP contribution < -0.4 is 10.2 Å². The number of anilines is 2. The molecule has 1 unspecified atom stereocenters. The lowest BCUT2D eigenvalue weighted by atomic mass is 10.2. The van der Waals surface area contributed by atoms with Crippen molar-refractivity contribution in [2.75, 3.05) is 36.5 Å². The quantitative estimate of drug-likeness (QED) is 0.575. The third-order valence-electron chi connectivity index (χ3n) is 4.43. The van der Waals surface area contributed by atoms with E-state index in [1.165, 1.54) is 13.0 Å². The average Bonchev–Trinajstić information content (AvgIpc) is 2.73. The molecule has 0 bridgehead atoms. The van der Waals surface area contributed by atoms with Gasteiger partial charge in [0.2, 0.25) is 0 Å². The zero-order valence-electron chi connectivity index (χ0n) is 16.1. The number of carbonyl (C=O) groups is 2. The van der Waals surface area contributed by atoms with Crippen LogP contribution in [0, 0.1) is 0 Å². The molecule has 1 atom stereocenters. The van der Waals surface area contributed by atoms with E-state index in [1.807, 2.05) is 30.3 Å². The fourth-order valence-electron chi connectivity index (χ4n) is 2.86. The molecule has 1 aliphatic rings. The smallest absolute Gasteiger partial charge is 0.331 e. The second kappa shape index (κ2) is 10.1. The van der Waals surface area contributed by atoms with Crippen LogP contribution in [0.3, 0.4) is 0 Å². The number of esters is 1. The predicted octanol–water partition coefficient (Wildman–Crippen LogP) is 3.76. The van der Waals surface area contributed by atoms with E-state index in [-0.39, 0.29) is 0 Å². The summed E-state index contributed by atoms with van der Waals surface area (Å²) in [7, 11) is 0. The van der Waals surface area contributed by atoms with Gasteiger partial charge in [0.05, 0.1) is 13.2 Å². The van der Waals surface area contributed by atoms with Gasteiger partial charge in [-0.2, -0.15) is 0 Å². The highest BCUT2D eigenvalue weighted by molar-refractivity contribution is 6.30. The van der Waals surface area contributed by atoms with E-state index < -0.39 is 18.0 Å². The van der Waals surface area contributed by atoms with Crippen molar-refractivity contribution in [2.45, 2.75) is 13.0 Å². The Morgan fingerprint density at radius 3 is 2.59 bits per heavy atom. The standard InChI is InChI=1S/C22H23ClN2O4/c1-16(29-21(26)10-5-17-3-2-4-18(23)15-17)22(27)24-19-6-8-20(9-7-19)25-11-13-28-14-12-25/h2-10,15-16H,11-14H2,1H3,(H,24,27)/b10-5+. The molecule has 1 saturated heterocycles. The Bertz CT molecular complexity index is 877. The van der Waals surface area contributed by atoms with E-state index in [9.17, 15) is 9.59 Å². The molecule has 3 rings (SSSR count). The van der Waals surface area contributed by atoms with Crippen LogP contribution in [0.15, 0.2) is 54.6 Å². The second-order valence-electron chi connectivity index (χ2n) is 6.60. The van der Waals surface area contributed by atoms with Gasteiger partial charge in [0.1, 0.15) is 0 Å². The minimum Gasteiger partial charge on any atom is -0.449 e. The Hall–Kier alpha value is -2.83. The van der Waals surface area contributed by atoms with Crippen LogP contribution in [0.2, 0.25) is 5.02 Å². The first kappa shape index (κ1) is 20.9. The molecule has 2 aromatic carbocycles. The van der Waals surface area contributed by atoms with E-state index in [0.29, 0.717) is 23.9 Å². The summed E-state index contributed by atoms with van der Waals surface area (Å²) in [6.45, 7) is 4.66. The fraction of sp³-hybridized carbons (Fsp3) is 0.273. The van der Waals surface area contributed by atoms with Gasteiger partial charge in [-0.05, 0) is 55.0 Å². The van der Waals surface area contributed by atoms with Gasteiger partial charge in [-0.25, -0.2) is 4.79 Å². The largest absolute Gasteiger partial charge is 0.449 e. The van der Waals surface area contributed by atoms with Crippen molar-refractivity contribution in [3.05, 3.63) is 65.2 Å². The average molecular weight is 415 g/mol. The van der Waals surface area contributed by atoms with Crippen molar-refractivity contribution >= 4 is 40.9 Å². The number of amides is 1. The Balaban J connectivity index is 1.50. The Labute approximate surface area is 175 Å². The van der Waals surface area contributed by atoms with E-state index in [4.69, 9.17) is 21.1 Å². The third-order valence-corrected chi connectivity index (χ3v) is 4.67. The molecule has 0 spiro atoms. The Kier molecular flexibility index (Phi) is 7.27. The van der Waals surface area contributed by atoms with Gasteiger partial charge in [-0.1, -0.05) is 23.7 Å². The molecule has 0 aliphatic carbocycles. The molecule has 0 saturated carbocycles. The van der Waals surface area contributed by atoms with Crippen LogP contribution in [-0.2, 0) is 19.1 Å². The van der Waals surface area contributed by atoms with E-state index >= 15 is 0 Å². The van der Waals surface area contributed by atoms with Gasteiger partial charge in [-0.15, -0.1) is 0 Å². The van der Waals surface area contributed by atoms with E-state index in [0.717, 1.165) is 24.3 Å². The molecule has 29 heavy (non-hydrogen) atoms. The number of carbonyl (C=O) groups excluding carboxylic acids is 2. The number of hydrogen-bond acceptors (Lipinski definition) is 5. The molecule has 1 heterocycles. The first-order chi connectivity index (χ1) is 14.0. The highest BCUT2D eigenvalue weighted by atomic mass is 35.5. The minimum absolute atomic E-state index is 0.395. The Morgan fingerprint density at radius 1 is 1.17 bits per heavy atom. The first-order valence-corrected chi connectivity index (χ1v) is 9.77. The van der Waals surface area contributed by atoms with Crippen molar-refractivity contribution in [1.29, 1.82) is 0 Å². The summed E-state index contributed by atoms with van der Waals surface area (Å²) in [6, 6.07) is 14.6. The highest BCUT2D eigenvalue weighted by Crippen LogP contribution is 2.19. The minimum atomic E-state index is -0.926. The molecule has 0 aromatic heterocycles. The van der Waals surface area contributed by atoms with Crippen LogP contribution in [0.5, 0.6) is 0 Å². The molecule has 2 aromatic rings. The van der Waals surface area contributed by atoms with E-state index in [1.54, 1.807) is 24.3 Å². The number of rotatable bonds is 6. The van der Waals surface area contributed by atoms with Crippen molar-refractivity contribution in [3.8, 4) is 0 Å². The summed E-state index contributed by atoms with van der Waals surface area (Å²) in [6.07, 6.45) is 1.93. The lowest BCUT2D eigenvalue weighted by Gasteiger charge is -2.28. The van der Waals surface area contributed by atoms with Gasteiger partial charge < -0.3 is 19.7 Å². The molecular weight excluding hydrogens is 392 g/mol. The number of ether oxygens (including phenoxy) is 2. The number of benzene rings is 2. The van der Waals surface area contributed by atoms with Crippen molar-refractivity contribution in [3.63, 3.8) is 0 Å². The molecule has 1 aliphatic heterocycles. The predicted molar refractivity (Wildman–Crippen MR) is 114 cm³/mol. The number of morpholine rings is 1. The maximum Gasteiger partial charge on any atom is 0.331 e. The molecule has 7 heteroatoms. The monoisotopic (exact) mass is 414 g/mol. The van der Waals surface area contributed by atoms with E-state index in [2.05, 4.69) is 10.2 Å². The molecule has 1 N–H and O–H groups in total. The van der Waals surface area contributed by atoms with Crippen molar-refractivity contribution < 1.29 is 19.1 Å². The zero-order chi connectivity index (χ0) is 20.6. The SMILES string of the molecule is CC(OC(=O)/C=C/c1cccc(Cl)c1)C(=O)Nc1ccc(N2CCOCC2)cc1. The topological polar surface area (TPSA) is 67.9 Å². The van der Waals surface area contributed by atoms with Gasteiger partial charge in [0.25, 0.3) is 5.91 Å². The summed E-state index contributed by atoms with van der Waals surface area (Å²) >= 11 is 5.91. The van der Waals surface area contributed by atoms with Crippen molar-refractivity contribution in [1.82, 2.24) is 0 Å². The summed E-state index contributed by atoms with van der Waals surface area (Å²) in [4.78, 5) is 26.5. The number of nitrogens with one attached hydrogen (secondary N) is 1. The van der Waals surface area contributed by atoms with Crippen LogP contribution in [-0.4, -0.2) is 44.3 Å². The number of halogens is 1. The highest BCUT2D eigenvalue weighted by Gasteiger charge is 2.17. The maximum absolute atomic E-state index is 12.3. The summed E-state index contributed by atoms with van der Waals surface area (Å²) < 4.78 is 10.5. The lowest BCUT2D eigenvalue weighted by Crippen LogP contribution is -2.36. The summed E-state index contributed by atoms with van der Waals surface area (Å²) in [5, 5.41) is 3.33. The molecular formula is C22H23ClN2O4. The molecule has 152 valence electrons. The first-order valence-electron chi connectivity index (χ1n) is 9.39. The zero-order valence-corrected chi connectivity index (χ0v) is 16.9. The molecule has 6 nitrogen and oxygen atoms in total. The maximum atomic E-state index is 12.3. The van der Waals surface area contributed by atoms with Crippen molar-refractivity contribution in [2.24, 2.45) is 0 Å². The molecule has 1 amide bonds. The second-order valence-corrected chi connectivity index (χ2v) is 7.04.